The van der Waals surface area contributed by atoms with Gasteiger partial charge in [-0.3, -0.25) is 9.69 Å². The van der Waals surface area contributed by atoms with Crippen LogP contribution in [0.15, 0.2) is 59.5 Å². The Morgan fingerprint density at radius 3 is 2.36 bits per heavy atom. The summed E-state index contributed by atoms with van der Waals surface area (Å²) in [6.07, 6.45) is 0. The van der Waals surface area contributed by atoms with Gasteiger partial charge in [-0.2, -0.15) is 0 Å². The number of hydrogen-bond acceptors (Lipinski definition) is 5. The van der Waals surface area contributed by atoms with Crippen LogP contribution in [0.1, 0.15) is 11.6 Å². The fraction of sp³-hybridized carbons (Fsp3) is 0.350. The van der Waals surface area contributed by atoms with Crippen LogP contribution < -0.4 is 5.32 Å². The van der Waals surface area contributed by atoms with E-state index in [2.05, 4.69) is 5.32 Å². The molecule has 8 heteroatoms. The molecule has 1 aliphatic rings. The van der Waals surface area contributed by atoms with E-state index < -0.39 is 15.9 Å². The van der Waals surface area contributed by atoms with Gasteiger partial charge >= 0.3 is 0 Å². The molecule has 150 valence electrons. The van der Waals surface area contributed by atoms with Crippen molar-refractivity contribution in [2.24, 2.45) is 0 Å². The van der Waals surface area contributed by atoms with Gasteiger partial charge in [-0.1, -0.05) is 41.9 Å². The predicted molar refractivity (Wildman–Crippen MR) is 115 cm³/mol. The molecular weight excluding hydrogens is 416 g/mol. The van der Waals surface area contributed by atoms with E-state index in [4.69, 9.17) is 11.6 Å². The Balaban J connectivity index is 1.59. The summed E-state index contributed by atoms with van der Waals surface area (Å²) in [5.74, 6) is 0.831. The molecule has 0 saturated carbocycles. The molecule has 1 saturated heterocycles. The molecular formula is C20H23ClN2O3S2. The minimum atomic E-state index is -3.00. The van der Waals surface area contributed by atoms with Gasteiger partial charge in [0.15, 0.2) is 9.84 Å². The fourth-order valence-corrected chi connectivity index (χ4v) is 5.24. The van der Waals surface area contributed by atoms with Crippen LogP contribution in [0.25, 0.3) is 0 Å². The lowest BCUT2D eigenvalue weighted by Crippen LogP contribution is -2.47. The molecule has 2 aromatic carbocycles. The number of carbonyl (C=O) groups excluding carboxylic acids is 1. The minimum absolute atomic E-state index is 0.0933. The number of benzene rings is 2. The van der Waals surface area contributed by atoms with Crippen molar-refractivity contribution in [3.63, 3.8) is 0 Å². The highest BCUT2D eigenvalue weighted by Gasteiger charge is 2.32. The van der Waals surface area contributed by atoms with Crippen LogP contribution in [0.2, 0.25) is 5.02 Å². The van der Waals surface area contributed by atoms with Crippen molar-refractivity contribution in [2.45, 2.75) is 10.9 Å². The maximum absolute atomic E-state index is 12.9. The van der Waals surface area contributed by atoms with Crippen LogP contribution in [-0.4, -0.2) is 56.1 Å². The average Bonchev–Trinajstić information content (AvgIpc) is 2.69. The van der Waals surface area contributed by atoms with Crippen molar-refractivity contribution in [1.29, 1.82) is 0 Å². The second kappa shape index (κ2) is 9.78. The Hall–Kier alpha value is -1.54. The molecule has 0 bridgehead atoms. The van der Waals surface area contributed by atoms with Gasteiger partial charge in [0, 0.05) is 35.3 Å². The first-order chi connectivity index (χ1) is 13.4. The topological polar surface area (TPSA) is 66.5 Å². The summed E-state index contributed by atoms with van der Waals surface area (Å²) in [5.41, 5.74) is 0.879. The van der Waals surface area contributed by atoms with Crippen molar-refractivity contribution in [3.8, 4) is 0 Å². The van der Waals surface area contributed by atoms with Crippen molar-refractivity contribution >= 4 is 39.1 Å². The Kier molecular flexibility index (Phi) is 7.40. The standard InChI is InChI=1S/C20H23ClN2O3S2/c21-17-6-8-18(9-7-17)27-13-10-22-20(24)19(16-4-2-1-3-5-16)23-11-14-28(25,26)15-12-23/h1-9,19H,10-15H2,(H,22,24). The molecule has 3 rings (SSSR count). The van der Waals surface area contributed by atoms with Gasteiger partial charge in [0.05, 0.1) is 11.5 Å². The van der Waals surface area contributed by atoms with Crippen LogP contribution in [0, 0.1) is 0 Å². The van der Waals surface area contributed by atoms with Crippen LogP contribution in [0.3, 0.4) is 0 Å². The third-order valence-electron chi connectivity index (χ3n) is 4.59. The number of hydrogen-bond donors (Lipinski definition) is 1. The van der Waals surface area contributed by atoms with Crippen molar-refractivity contribution in [3.05, 3.63) is 65.2 Å². The zero-order valence-corrected chi connectivity index (χ0v) is 17.8. The Morgan fingerprint density at radius 1 is 1.07 bits per heavy atom. The smallest absolute Gasteiger partial charge is 0.241 e. The molecule has 1 fully saturated rings. The largest absolute Gasteiger partial charge is 0.354 e. The van der Waals surface area contributed by atoms with Crippen molar-refractivity contribution in [1.82, 2.24) is 10.2 Å². The molecule has 1 unspecified atom stereocenters. The molecule has 28 heavy (non-hydrogen) atoms. The molecule has 0 radical (unpaired) electrons. The van der Waals surface area contributed by atoms with Gasteiger partial charge in [-0.25, -0.2) is 8.42 Å². The number of sulfone groups is 1. The molecule has 1 amide bonds. The van der Waals surface area contributed by atoms with Gasteiger partial charge in [0.2, 0.25) is 5.91 Å². The van der Waals surface area contributed by atoms with Crippen molar-refractivity contribution < 1.29 is 13.2 Å². The molecule has 1 atom stereocenters. The van der Waals surface area contributed by atoms with Gasteiger partial charge in [0.25, 0.3) is 0 Å². The van der Waals surface area contributed by atoms with E-state index in [1.165, 1.54) is 0 Å². The summed E-state index contributed by atoms with van der Waals surface area (Å²) in [5, 5.41) is 3.70. The quantitative estimate of drug-likeness (QED) is 0.531. The van der Waals surface area contributed by atoms with E-state index in [0.29, 0.717) is 24.7 Å². The normalized spacial score (nSPS) is 17.8. The lowest BCUT2D eigenvalue weighted by Gasteiger charge is -2.33. The summed E-state index contributed by atoms with van der Waals surface area (Å²) in [6, 6.07) is 16.6. The van der Waals surface area contributed by atoms with E-state index in [1.807, 2.05) is 59.5 Å². The van der Waals surface area contributed by atoms with E-state index in [1.54, 1.807) is 11.8 Å². The van der Waals surface area contributed by atoms with Gasteiger partial charge < -0.3 is 5.32 Å². The number of nitrogens with one attached hydrogen (secondary N) is 1. The minimum Gasteiger partial charge on any atom is -0.354 e. The zero-order valence-electron chi connectivity index (χ0n) is 15.4. The third kappa shape index (κ3) is 5.98. The SMILES string of the molecule is O=C(NCCSc1ccc(Cl)cc1)C(c1ccccc1)N1CCS(=O)(=O)CC1. The first-order valence-electron chi connectivity index (χ1n) is 9.10. The predicted octanol–water partition coefficient (Wildman–Crippen LogP) is 3.02. The van der Waals surface area contributed by atoms with Crippen molar-refractivity contribution in [2.75, 3.05) is 36.9 Å². The van der Waals surface area contributed by atoms with E-state index in [9.17, 15) is 13.2 Å². The number of nitrogens with zero attached hydrogens (tertiary/aromatic N) is 1. The third-order valence-corrected chi connectivity index (χ3v) is 7.47. The highest BCUT2D eigenvalue weighted by molar-refractivity contribution is 7.99. The number of rotatable bonds is 7. The lowest BCUT2D eigenvalue weighted by atomic mass is 10.0. The highest BCUT2D eigenvalue weighted by atomic mass is 35.5. The second-order valence-corrected chi connectivity index (χ2v) is 10.5. The number of carbonyl (C=O) groups is 1. The summed E-state index contributed by atoms with van der Waals surface area (Å²) in [6.45, 7) is 1.27. The van der Waals surface area contributed by atoms with Gasteiger partial charge in [0.1, 0.15) is 6.04 Å². The van der Waals surface area contributed by atoms with Gasteiger partial charge in [-0.15, -0.1) is 11.8 Å². The average molecular weight is 439 g/mol. The number of amides is 1. The summed E-state index contributed by atoms with van der Waals surface area (Å²) in [7, 11) is -3.00. The van der Waals surface area contributed by atoms with E-state index in [0.717, 1.165) is 16.2 Å². The summed E-state index contributed by atoms with van der Waals surface area (Å²) < 4.78 is 23.5. The second-order valence-electron chi connectivity index (χ2n) is 6.59. The van der Waals surface area contributed by atoms with Gasteiger partial charge in [-0.05, 0) is 29.8 Å². The van der Waals surface area contributed by atoms with Crippen LogP contribution in [0.5, 0.6) is 0 Å². The monoisotopic (exact) mass is 438 g/mol. The summed E-state index contributed by atoms with van der Waals surface area (Å²) >= 11 is 7.54. The lowest BCUT2D eigenvalue weighted by molar-refractivity contribution is -0.126. The number of halogens is 1. The number of thioether (sulfide) groups is 1. The molecule has 1 N–H and O–H groups in total. The van der Waals surface area contributed by atoms with E-state index >= 15 is 0 Å². The molecule has 0 spiro atoms. The summed E-state index contributed by atoms with van der Waals surface area (Å²) in [4.78, 5) is 16.0. The molecule has 1 aliphatic heterocycles. The van der Waals surface area contributed by atoms with Crippen LogP contribution in [-0.2, 0) is 14.6 Å². The van der Waals surface area contributed by atoms with E-state index in [-0.39, 0.29) is 17.4 Å². The van der Waals surface area contributed by atoms with Crippen LogP contribution >= 0.6 is 23.4 Å². The first-order valence-corrected chi connectivity index (χ1v) is 12.3. The zero-order chi connectivity index (χ0) is 20.0. The molecule has 0 aromatic heterocycles. The maximum Gasteiger partial charge on any atom is 0.241 e. The fourth-order valence-electron chi connectivity index (χ4n) is 3.12. The Morgan fingerprint density at radius 2 is 1.71 bits per heavy atom. The Bertz CT molecular complexity index is 875. The highest BCUT2D eigenvalue weighted by Crippen LogP contribution is 2.24. The molecule has 5 nitrogen and oxygen atoms in total. The maximum atomic E-state index is 12.9. The first kappa shape index (κ1) is 21.2. The Labute approximate surface area is 175 Å². The molecule has 0 aliphatic carbocycles. The molecule has 2 aromatic rings. The van der Waals surface area contributed by atoms with Crippen LogP contribution in [0.4, 0.5) is 0 Å². The molecule has 1 heterocycles.